The molecule has 3 heterocycles. The third-order valence-electron chi connectivity index (χ3n) is 7.53. The maximum absolute atomic E-state index is 10.5. The van der Waals surface area contributed by atoms with Crippen molar-refractivity contribution >= 4 is 6.08 Å². The van der Waals surface area contributed by atoms with E-state index in [-0.39, 0.29) is 12.6 Å². The lowest BCUT2D eigenvalue weighted by Crippen LogP contribution is -2.37. The molecule has 1 fully saturated rings. The zero-order valence-electron chi connectivity index (χ0n) is 23.6. The molecule has 7 nitrogen and oxygen atoms in total. The fraction of sp³-hybridized carbons (Fsp3) is 0.655. The van der Waals surface area contributed by atoms with Crippen LogP contribution in [0.1, 0.15) is 88.4 Å². The largest absolute Gasteiger partial charge is 0.390 e. The molecule has 4 rings (SSSR count). The number of hydrogen-bond donors (Lipinski definition) is 1. The van der Waals surface area contributed by atoms with Gasteiger partial charge in [-0.2, -0.15) is 0 Å². The summed E-state index contributed by atoms with van der Waals surface area (Å²) in [4.78, 5) is 17.2. The summed E-state index contributed by atoms with van der Waals surface area (Å²) < 4.78 is 2.22. The minimum Gasteiger partial charge on any atom is -0.390 e. The Balaban J connectivity index is 0.00000176. The Hall–Kier alpha value is -2.06. The van der Waals surface area contributed by atoms with Gasteiger partial charge < -0.3 is 14.6 Å². The van der Waals surface area contributed by atoms with Gasteiger partial charge in [-0.05, 0) is 78.3 Å². The van der Waals surface area contributed by atoms with Gasteiger partial charge in [0.1, 0.15) is 5.82 Å². The van der Waals surface area contributed by atoms with Crippen LogP contribution in [0, 0.1) is 0 Å². The summed E-state index contributed by atoms with van der Waals surface area (Å²) in [5, 5.41) is 10.5. The first-order chi connectivity index (χ1) is 17.4. The Kier molecular flexibility index (Phi) is 10.7. The number of likely N-dealkylation sites (tertiary alicyclic amines) is 1. The van der Waals surface area contributed by atoms with Crippen LogP contribution in [0.25, 0.3) is 6.08 Å². The number of allylic oxidation sites excluding steroid dienone is 1. The number of imidazole rings is 1. The predicted octanol–water partition coefficient (Wildman–Crippen LogP) is 4.71. The second-order valence-electron chi connectivity index (χ2n) is 10.3. The van der Waals surface area contributed by atoms with Crippen LogP contribution in [0.5, 0.6) is 0 Å². The SMILES string of the molecule is C/C=C\c1nc(CN(C(C)C)[C@H]2CCCc3cccnc32)c(CO)n1CN1CCC(N(C)C)C1.CC. The van der Waals surface area contributed by atoms with Crippen molar-refractivity contribution in [1.82, 2.24) is 29.2 Å². The fourth-order valence-electron chi connectivity index (χ4n) is 5.59. The molecule has 1 saturated heterocycles. The molecular formula is C29H48N6O. The molecular weight excluding hydrogens is 448 g/mol. The van der Waals surface area contributed by atoms with Crippen molar-refractivity contribution in [2.75, 3.05) is 27.2 Å². The van der Waals surface area contributed by atoms with Crippen LogP contribution in [0.15, 0.2) is 24.4 Å². The van der Waals surface area contributed by atoms with E-state index in [0.29, 0.717) is 18.6 Å². The molecule has 2 atom stereocenters. The molecule has 7 heteroatoms. The maximum Gasteiger partial charge on any atom is 0.134 e. The Labute approximate surface area is 218 Å². The molecule has 2 aromatic heterocycles. The van der Waals surface area contributed by atoms with Gasteiger partial charge in [0.15, 0.2) is 0 Å². The maximum atomic E-state index is 10.5. The summed E-state index contributed by atoms with van der Waals surface area (Å²) in [6, 6.07) is 5.49. The monoisotopic (exact) mass is 496 g/mol. The highest BCUT2D eigenvalue weighted by Crippen LogP contribution is 2.35. The van der Waals surface area contributed by atoms with E-state index in [0.717, 1.165) is 49.8 Å². The van der Waals surface area contributed by atoms with E-state index in [1.807, 2.05) is 33.0 Å². The summed E-state index contributed by atoms with van der Waals surface area (Å²) in [7, 11) is 4.32. The Morgan fingerprint density at radius 1 is 1.22 bits per heavy atom. The number of likely N-dealkylation sites (N-methyl/N-ethyl adjacent to an activating group) is 1. The van der Waals surface area contributed by atoms with Crippen LogP contribution in [-0.2, 0) is 26.2 Å². The van der Waals surface area contributed by atoms with Crippen LogP contribution in [0.4, 0.5) is 0 Å². The zero-order chi connectivity index (χ0) is 26.2. The number of nitrogens with zero attached hydrogens (tertiary/aromatic N) is 6. The molecule has 0 spiro atoms. The molecule has 2 aliphatic rings. The van der Waals surface area contributed by atoms with Crippen LogP contribution in [0.3, 0.4) is 0 Å². The van der Waals surface area contributed by atoms with Gasteiger partial charge in [-0.25, -0.2) is 4.98 Å². The standard InChI is InChI=1S/C27H42N6O.C2H6/c1-6-9-26-29-23(25(18-34)33(26)19-31-15-13-22(16-31)30(4)5)17-32(20(2)3)24-12-7-10-21-11-8-14-28-27(21)24;1-2/h6,8-9,11,14,20,22,24,34H,7,10,12-13,15-19H2,1-5H3;1-2H3/b9-6-;/t22?,24-;/m0./s1. The summed E-state index contributed by atoms with van der Waals surface area (Å²) in [6.45, 7) is 14.1. The predicted molar refractivity (Wildman–Crippen MR) is 148 cm³/mol. The number of fused-ring (bicyclic) bond motifs is 1. The molecule has 0 amide bonds. The first-order valence-electron chi connectivity index (χ1n) is 13.8. The molecule has 0 saturated carbocycles. The highest BCUT2D eigenvalue weighted by molar-refractivity contribution is 5.42. The van der Waals surface area contributed by atoms with Crippen molar-refractivity contribution < 1.29 is 5.11 Å². The molecule has 0 aromatic carbocycles. The van der Waals surface area contributed by atoms with Gasteiger partial charge in [0.2, 0.25) is 0 Å². The minimum atomic E-state index is -0.00369. The molecule has 1 aliphatic heterocycles. The lowest BCUT2D eigenvalue weighted by atomic mass is 9.90. The minimum absolute atomic E-state index is 0.00369. The van der Waals surface area contributed by atoms with E-state index >= 15 is 0 Å². The van der Waals surface area contributed by atoms with Crippen LogP contribution < -0.4 is 0 Å². The van der Waals surface area contributed by atoms with E-state index in [2.05, 4.69) is 65.4 Å². The number of aryl methyl sites for hydroxylation is 1. The van der Waals surface area contributed by atoms with Gasteiger partial charge in [0, 0.05) is 37.9 Å². The number of aliphatic hydroxyl groups excluding tert-OH is 1. The van der Waals surface area contributed by atoms with Crippen molar-refractivity contribution in [3.05, 3.63) is 52.9 Å². The third-order valence-corrected chi connectivity index (χ3v) is 7.53. The van der Waals surface area contributed by atoms with Gasteiger partial charge in [-0.15, -0.1) is 0 Å². The second-order valence-corrected chi connectivity index (χ2v) is 10.3. The molecule has 0 radical (unpaired) electrons. The molecule has 2 aromatic rings. The summed E-state index contributed by atoms with van der Waals surface area (Å²) in [5.74, 6) is 0.931. The van der Waals surface area contributed by atoms with Crippen molar-refractivity contribution in [2.45, 2.75) is 98.2 Å². The molecule has 1 aliphatic carbocycles. The van der Waals surface area contributed by atoms with Gasteiger partial charge in [-0.3, -0.25) is 14.8 Å². The van der Waals surface area contributed by atoms with Crippen LogP contribution in [-0.4, -0.2) is 73.6 Å². The zero-order valence-corrected chi connectivity index (χ0v) is 23.6. The summed E-state index contributed by atoms with van der Waals surface area (Å²) in [6.07, 6.45) is 10.6. The van der Waals surface area contributed by atoms with Crippen molar-refractivity contribution in [3.63, 3.8) is 0 Å². The number of rotatable bonds is 9. The van der Waals surface area contributed by atoms with Crippen LogP contribution >= 0.6 is 0 Å². The summed E-state index contributed by atoms with van der Waals surface area (Å²) in [5.41, 5.74) is 4.50. The van der Waals surface area contributed by atoms with E-state index in [1.165, 1.54) is 24.1 Å². The van der Waals surface area contributed by atoms with E-state index < -0.39 is 0 Å². The van der Waals surface area contributed by atoms with E-state index in [9.17, 15) is 5.11 Å². The molecule has 200 valence electrons. The smallest absolute Gasteiger partial charge is 0.134 e. The van der Waals surface area contributed by atoms with Crippen LogP contribution in [0.2, 0.25) is 0 Å². The lowest BCUT2D eigenvalue weighted by molar-refractivity contribution is 0.122. The van der Waals surface area contributed by atoms with E-state index in [1.54, 1.807) is 0 Å². The normalized spacial score (nSPS) is 20.4. The van der Waals surface area contributed by atoms with Gasteiger partial charge in [-0.1, -0.05) is 26.0 Å². The van der Waals surface area contributed by atoms with Crippen molar-refractivity contribution in [3.8, 4) is 0 Å². The molecule has 36 heavy (non-hydrogen) atoms. The topological polar surface area (TPSA) is 60.7 Å². The highest BCUT2D eigenvalue weighted by atomic mass is 16.3. The Morgan fingerprint density at radius 2 is 2.00 bits per heavy atom. The summed E-state index contributed by atoms with van der Waals surface area (Å²) >= 11 is 0. The molecule has 1 unspecified atom stereocenters. The Bertz CT molecular complexity index is 982. The van der Waals surface area contributed by atoms with E-state index in [4.69, 9.17) is 9.97 Å². The number of aromatic nitrogens is 3. The number of hydrogen-bond acceptors (Lipinski definition) is 6. The first-order valence-corrected chi connectivity index (χ1v) is 13.8. The first kappa shape index (κ1) is 28.5. The molecule has 0 bridgehead atoms. The van der Waals surface area contributed by atoms with Gasteiger partial charge >= 0.3 is 0 Å². The highest BCUT2D eigenvalue weighted by Gasteiger charge is 2.31. The van der Waals surface area contributed by atoms with Crippen molar-refractivity contribution in [1.29, 1.82) is 0 Å². The van der Waals surface area contributed by atoms with Gasteiger partial charge in [0.05, 0.1) is 36.4 Å². The average molecular weight is 497 g/mol. The average Bonchev–Trinajstić information content (AvgIpc) is 3.48. The van der Waals surface area contributed by atoms with Crippen molar-refractivity contribution in [2.24, 2.45) is 0 Å². The second kappa shape index (κ2) is 13.5. The quantitative estimate of drug-likeness (QED) is 0.543. The Morgan fingerprint density at radius 3 is 2.64 bits per heavy atom. The number of pyridine rings is 1. The van der Waals surface area contributed by atoms with Gasteiger partial charge in [0.25, 0.3) is 0 Å². The lowest BCUT2D eigenvalue weighted by Gasteiger charge is -2.37. The third kappa shape index (κ3) is 6.43. The fourth-order valence-corrected chi connectivity index (χ4v) is 5.59. The molecule has 1 N–H and O–H groups in total. The number of aliphatic hydroxyl groups is 1.